The Morgan fingerprint density at radius 2 is 1.64 bits per heavy atom. The number of nitrogens with zero attached hydrogens (tertiary/aromatic N) is 1. The molecule has 1 fully saturated rings. The van der Waals surface area contributed by atoms with Crippen LogP contribution in [0.15, 0.2) is 48.5 Å². The first-order valence-corrected chi connectivity index (χ1v) is 9.98. The number of phenolic OH excluding ortho intramolecular Hbond substituents is 1. The molecule has 0 spiro atoms. The summed E-state index contributed by atoms with van der Waals surface area (Å²) in [4.78, 5) is 0. The van der Waals surface area contributed by atoms with Crippen LogP contribution in [0, 0.1) is 0 Å². The molecule has 2 aromatic rings. The zero-order valence-electron chi connectivity index (χ0n) is 14.3. The van der Waals surface area contributed by atoms with Crippen LogP contribution in [-0.4, -0.2) is 38.0 Å². The lowest BCUT2D eigenvalue weighted by molar-refractivity contribution is 0.319. The Balaban J connectivity index is 1.61. The average Bonchev–Trinajstić information content (AvgIpc) is 2.64. The van der Waals surface area contributed by atoms with Gasteiger partial charge >= 0.3 is 0 Å². The maximum Gasteiger partial charge on any atom is 0.218 e. The van der Waals surface area contributed by atoms with Gasteiger partial charge in [-0.25, -0.2) is 12.7 Å². The maximum atomic E-state index is 12.6. The van der Waals surface area contributed by atoms with E-state index in [1.54, 1.807) is 23.5 Å². The second-order valence-electron chi connectivity index (χ2n) is 6.37. The van der Waals surface area contributed by atoms with E-state index in [0.717, 1.165) is 18.6 Å². The van der Waals surface area contributed by atoms with Crippen molar-refractivity contribution in [1.29, 1.82) is 0 Å². The smallest absolute Gasteiger partial charge is 0.218 e. The molecule has 1 aliphatic heterocycles. The summed E-state index contributed by atoms with van der Waals surface area (Å²) < 4.78 is 32.0. The SMILES string of the molecule is COc1ccc(C2CCN(S(=O)(=O)Cc3ccc(O)cc3)CC2)cc1. The van der Waals surface area contributed by atoms with Crippen molar-refractivity contribution in [2.75, 3.05) is 20.2 Å². The van der Waals surface area contributed by atoms with Crippen LogP contribution in [0.1, 0.15) is 29.9 Å². The van der Waals surface area contributed by atoms with E-state index in [2.05, 4.69) is 12.1 Å². The van der Waals surface area contributed by atoms with Gasteiger partial charge in [-0.3, -0.25) is 0 Å². The molecule has 1 heterocycles. The van der Waals surface area contributed by atoms with Crippen LogP contribution in [0.25, 0.3) is 0 Å². The number of ether oxygens (including phenoxy) is 1. The molecule has 2 aromatic carbocycles. The molecule has 0 saturated carbocycles. The van der Waals surface area contributed by atoms with Gasteiger partial charge in [0.25, 0.3) is 0 Å². The van der Waals surface area contributed by atoms with Crippen LogP contribution in [0.3, 0.4) is 0 Å². The van der Waals surface area contributed by atoms with Gasteiger partial charge in [0.15, 0.2) is 0 Å². The first-order valence-electron chi connectivity index (χ1n) is 8.37. The maximum absolute atomic E-state index is 12.6. The van der Waals surface area contributed by atoms with Crippen LogP contribution in [-0.2, 0) is 15.8 Å². The fraction of sp³-hybridized carbons (Fsp3) is 0.368. The summed E-state index contributed by atoms with van der Waals surface area (Å²) in [6, 6.07) is 14.3. The van der Waals surface area contributed by atoms with Crippen molar-refractivity contribution in [2.45, 2.75) is 24.5 Å². The van der Waals surface area contributed by atoms with Crippen LogP contribution in [0.5, 0.6) is 11.5 Å². The summed E-state index contributed by atoms with van der Waals surface area (Å²) in [6.07, 6.45) is 1.64. The number of hydrogen-bond acceptors (Lipinski definition) is 4. The summed E-state index contributed by atoms with van der Waals surface area (Å²) in [5.74, 6) is 1.32. The van der Waals surface area contributed by atoms with Gasteiger partial charge in [0, 0.05) is 13.1 Å². The molecular formula is C19H23NO4S. The van der Waals surface area contributed by atoms with Gasteiger partial charge < -0.3 is 9.84 Å². The lowest BCUT2D eigenvalue weighted by atomic mass is 9.90. The zero-order valence-corrected chi connectivity index (χ0v) is 15.1. The van der Waals surface area contributed by atoms with Crippen LogP contribution in [0.2, 0.25) is 0 Å². The molecule has 0 aliphatic carbocycles. The van der Waals surface area contributed by atoms with E-state index in [-0.39, 0.29) is 11.5 Å². The van der Waals surface area contributed by atoms with E-state index in [0.29, 0.717) is 24.6 Å². The predicted molar refractivity (Wildman–Crippen MR) is 97.3 cm³/mol. The lowest BCUT2D eigenvalue weighted by Crippen LogP contribution is -2.38. The minimum Gasteiger partial charge on any atom is -0.508 e. The molecule has 0 unspecified atom stereocenters. The quantitative estimate of drug-likeness (QED) is 0.889. The second kappa shape index (κ2) is 7.45. The lowest BCUT2D eigenvalue weighted by Gasteiger charge is -2.31. The largest absolute Gasteiger partial charge is 0.508 e. The fourth-order valence-electron chi connectivity index (χ4n) is 3.24. The number of aromatic hydroxyl groups is 1. The van der Waals surface area contributed by atoms with Crippen molar-refractivity contribution >= 4 is 10.0 Å². The summed E-state index contributed by atoms with van der Waals surface area (Å²) in [5, 5.41) is 9.31. The van der Waals surface area contributed by atoms with E-state index < -0.39 is 10.0 Å². The predicted octanol–water partition coefficient (Wildman–Crippen LogP) is 3.11. The Bertz CT molecular complexity index is 792. The minimum absolute atomic E-state index is 0.0273. The molecule has 0 atom stereocenters. The summed E-state index contributed by atoms with van der Waals surface area (Å²) >= 11 is 0. The van der Waals surface area contributed by atoms with Gasteiger partial charge in [0.05, 0.1) is 12.9 Å². The summed E-state index contributed by atoms with van der Waals surface area (Å²) in [5.41, 5.74) is 1.92. The molecule has 3 rings (SSSR count). The normalized spacial score (nSPS) is 16.7. The van der Waals surface area contributed by atoms with Gasteiger partial charge in [-0.15, -0.1) is 0 Å². The van der Waals surface area contributed by atoms with Gasteiger partial charge in [0.1, 0.15) is 11.5 Å². The monoisotopic (exact) mass is 361 g/mol. The van der Waals surface area contributed by atoms with Crippen LogP contribution in [0.4, 0.5) is 0 Å². The third-order valence-corrected chi connectivity index (χ3v) is 6.57. The van der Waals surface area contributed by atoms with E-state index >= 15 is 0 Å². The Morgan fingerprint density at radius 1 is 1.04 bits per heavy atom. The van der Waals surface area contributed by atoms with Crippen molar-refractivity contribution < 1.29 is 18.3 Å². The molecule has 25 heavy (non-hydrogen) atoms. The second-order valence-corrected chi connectivity index (χ2v) is 8.34. The number of benzene rings is 2. The van der Waals surface area contributed by atoms with Gasteiger partial charge in [-0.2, -0.15) is 0 Å². The van der Waals surface area contributed by atoms with Crippen molar-refractivity contribution in [3.63, 3.8) is 0 Å². The summed E-state index contributed by atoms with van der Waals surface area (Å²) in [7, 11) is -1.69. The average molecular weight is 361 g/mol. The Hall–Kier alpha value is -2.05. The number of rotatable bonds is 5. The molecule has 1 aliphatic rings. The highest BCUT2D eigenvalue weighted by atomic mass is 32.2. The Labute approximate surface area is 148 Å². The van der Waals surface area contributed by atoms with Gasteiger partial charge in [-0.05, 0) is 54.2 Å². The fourth-order valence-corrected chi connectivity index (χ4v) is 4.80. The molecule has 0 amide bonds. The number of piperidine rings is 1. The molecular weight excluding hydrogens is 338 g/mol. The topological polar surface area (TPSA) is 66.8 Å². The molecule has 6 heteroatoms. The van der Waals surface area contributed by atoms with E-state index in [1.807, 2.05) is 12.1 Å². The van der Waals surface area contributed by atoms with Crippen molar-refractivity contribution in [3.8, 4) is 11.5 Å². The van der Waals surface area contributed by atoms with Crippen molar-refractivity contribution in [3.05, 3.63) is 59.7 Å². The Kier molecular flexibility index (Phi) is 5.30. The zero-order chi connectivity index (χ0) is 17.9. The molecule has 1 saturated heterocycles. The van der Waals surface area contributed by atoms with E-state index in [1.165, 1.54) is 17.7 Å². The number of methoxy groups -OCH3 is 1. The molecule has 134 valence electrons. The third kappa shape index (κ3) is 4.32. The van der Waals surface area contributed by atoms with Crippen LogP contribution >= 0.6 is 0 Å². The van der Waals surface area contributed by atoms with E-state index in [9.17, 15) is 13.5 Å². The minimum atomic E-state index is -3.33. The molecule has 1 N–H and O–H groups in total. The highest BCUT2D eigenvalue weighted by molar-refractivity contribution is 7.88. The highest BCUT2D eigenvalue weighted by Gasteiger charge is 2.28. The van der Waals surface area contributed by atoms with E-state index in [4.69, 9.17) is 4.74 Å². The van der Waals surface area contributed by atoms with Gasteiger partial charge in [-0.1, -0.05) is 24.3 Å². The molecule has 0 aromatic heterocycles. The first kappa shape index (κ1) is 17.8. The molecule has 5 nitrogen and oxygen atoms in total. The summed E-state index contributed by atoms with van der Waals surface area (Å²) in [6.45, 7) is 1.08. The van der Waals surface area contributed by atoms with Crippen molar-refractivity contribution in [1.82, 2.24) is 4.31 Å². The Morgan fingerprint density at radius 3 is 2.20 bits per heavy atom. The first-order chi connectivity index (χ1) is 12.0. The number of sulfonamides is 1. The third-order valence-electron chi connectivity index (χ3n) is 4.72. The number of phenols is 1. The standard InChI is InChI=1S/C19H23NO4S/c1-24-19-8-4-16(5-9-19)17-10-12-20(13-11-17)25(22,23)14-15-2-6-18(21)7-3-15/h2-9,17,21H,10-14H2,1H3. The van der Waals surface area contributed by atoms with Crippen molar-refractivity contribution in [2.24, 2.45) is 0 Å². The molecule has 0 bridgehead atoms. The molecule has 0 radical (unpaired) electrons. The number of hydrogen-bond donors (Lipinski definition) is 1. The highest BCUT2D eigenvalue weighted by Crippen LogP contribution is 2.30. The van der Waals surface area contributed by atoms with Crippen LogP contribution < -0.4 is 4.74 Å². The van der Waals surface area contributed by atoms with Gasteiger partial charge in [0.2, 0.25) is 10.0 Å².